The van der Waals surface area contributed by atoms with Crippen LogP contribution in [0, 0.1) is 0 Å². The van der Waals surface area contributed by atoms with E-state index in [0.29, 0.717) is 0 Å². The van der Waals surface area contributed by atoms with Gasteiger partial charge < -0.3 is 4.57 Å². The molecule has 3 rings (SSSR count). The summed E-state index contributed by atoms with van der Waals surface area (Å²) in [6.07, 6.45) is 2.18. The zero-order valence-corrected chi connectivity index (χ0v) is 13.0. The third-order valence-electron chi connectivity index (χ3n) is 3.12. The molecule has 90 valence electrons. The van der Waals surface area contributed by atoms with Crippen molar-refractivity contribution >= 4 is 42.8 Å². The zero-order chi connectivity index (χ0) is 12.7. The van der Waals surface area contributed by atoms with Crippen LogP contribution in [-0.4, -0.2) is 4.57 Å². The maximum Gasteiger partial charge on any atom is 0.0496 e. The molecule has 2 aromatic carbocycles. The van der Waals surface area contributed by atoms with E-state index in [1.54, 1.807) is 0 Å². The van der Waals surface area contributed by atoms with Crippen LogP contribution in [0.2, 0.25) is 0 Å². The average Bonchev–Trinajstić information content (AvgIpc) is 2.69. The summed E-state index contributed by atoms with van der Waals surface area (Å²) in [4.78, 5) is 0. The first-order valence-corrected chi connectivity index (χ1v) is 7.25. The molecule has 3 heteroatoms. The highest BCUT2D eigenvalue weighted by Crippen LogP contribution is 2.35. The first-order chi connectivity index (χ1) is 8.66. The van der Waals surface area contributed by atoms with Gasteiger partial charge in [0.25, 0.3) is 0 Å². The van der Waals surface area contributed by atoms with Crippen molar-refractivity contribution in [2.75, 3.05) is 0 Å². The second-order valence-electron chi connectivity index (χ2n) is 4.30. The molecule has 0 radical (unpaired) electrons. The van der Waals surface area contributed by atoms with Crippen molar-refractivity contribution in [1.82, 2.24) is 4.57 Å². The molecule has 0 atom stereocenters. The topological polar surface area (TPSA) is 4.93 Å². The highest BCUT2D eigenvalue weighted by molar-refractivity contribution is 9.13. The lowest BCUT2D eigenvalue weighted by Crippen LogP contribution is -1.83. The number of aryl methyl sites for hydroxylation is 1. The van der Waals surface area contributed by atoms with Crippen LogP contribution in [-0.2, 0) is 7.05 Å². The van der Waals surface area contributed by atoms with E-state index in [0.717, 1.165) is 8.95 Å². The fraction of sp³-hybridized carbons (Fsp3) is 0.0667. The normalized spacial score (nSPS) is 11.1. The molecule has 0 spiro atoms. The molecule has 1 nitrogen and oxygen atoms in total. The van der Waals surface area contributed by atoms with Gasteiger partial charge in [-0.15, -0.1) is 0 Å². The van der Waals surface area contributed by atoms with Gasteiger partial charge in [-0.25, -0.2) is 0 Å². The lowest BCUT2D eigenvalue weighted by Gasteiger charge is -2.01. The van der Waals surface area contributed by atoms with Gasteiger partial charge in [-0.2, -0.15) is 0 Å². The minimum Gasteiger partial charge on any atom is -0.350 e. The van der Waals surface area contributed by atoms with E-state index in [1.807, 2.05) is 6.07 Å². The molecule has 0 aliphatic rings. The standard InChI is InChI=1S/C15H11Br2N/c1-18-9-12(10-5-3-2-4-6-10)11-7-13(16)14(17)8-15(11)18/h2-9H,1H3. The number of aromatic nitrogens is 1. The molecule has 0 aliphatic carbocycles. The summed E-state index contributed by atoms with van der Waals surface area (Å²) in [5.74, 6) is 0. The molecule has 0 N–H and O–H groups in total. The van der Waals surface area contributed by atoms with Crippen LogP contribution in [0.5, 0.6) is 0 Å². The molecule has 0 fully saturated rings. The number of halogens is 2. The molecule has 0 aliphatic heterocycles. The largest absolute Gasteiger partial charge is 0.350 e. The highest BCUT2D eigenvalue weighted by Gasteiger charge is 2.10. The maximum atomic E-state index is 3.58. The maximum absolute atomic E-state index is 3.58. The summed E-state index contributed by atoms with van der Waals surface area (Å²) in [6.45, 7) is 0. The quantitative estimate of drug-likeness (QED) is 0.547. The summed E-state index contributed by atoms with van der Waals surface area (Å²) < 4.78 is 4.32. The molecule has 0 saturated heterocycles. The van der Waals surface area contributed by atoms with Crippen molar-refractivity contribution in [3.8, 4) is 11.1 Å². The van der Waals surface area contributed by atoms with Crippen LogP contribution in [0.1, 0.15) is 0 Å². The predicted molar refractivity (Wildman–Crippen MR) is 83.8 cm³/mol. The summed E-state index contributed by atoms with van der Waals surface area (Å²) in [6, 6.07) is 14.8. The molecule has 0 amide bonds. The second kappa shape index (κ2) is 4.56. The van der Waals surface area contributed by atoms with Crippen LogP contribution in [0.3, 0.4) is 0 Å². The Kier molecular flexibility index (Phi) is 3.04. The highest BCUT2D eigenvalue weighted by atomic mass is 79.9. The zero-order valence-electron chi connectivity index (χ0n) is 9.82. The fourth-order valence-electron chi connectivity index (χ4n) is 2.22. The Hall–Kier alpha value is -1.06. The fourth-order valence-corrected chi connectivity index (χ4v) is 2.90. The van der Waals surface area contributed by atoms with Crippen molar-refractivity contribution in [3.63, 3.8) is 0 Å². The van der Waals surface area contributed by atoms with E-state index < -0.39 is 0 Å². The Labute approximate surface area is 123 Å². The van der Waals surface area contributed by atoms with Crippen LogP contribution in [0.25, 0.3) is 22.0 Å². The van der Waals surface area contributed by atoms with Gasteiger partial charge in [-0.05, 0) is 49.6 Å². The number of benzene rings is 2. The van der Waals surface area contributed by atoms with Gasteiger partial charge in [0.15, 0.2) is 0 Å². The molecule has 1 heterocycles. The molecule has 18 heavy (non-hydrogen) atoms. The minimum atomic E-state index is 1.08. The minimum absolute atomic E-state index is 1.08. The van der Waals surface area contributed by atoms with Gasteiger partial charge in [-0.3, -0.25) is 0 Å². The third-order valence-corrected chi connectivity index (χ3v) is 4.96. The van der Waals surface area contributed by atoms with Gasteiger partial charge >= 0.3 is 0 Å². The average molecular weight is 365 g/mol. The number of fused-ring (bicyclic) bond motifs is 1. The Balaban J connectivity index is 2.35. The lowest BCUT2D eigenvalue weighted by atomic mass is 10.1. The Bertz CT molecular complexity index is 714. The summed E-state index contributed by atoms with van der Waals surface area (Å²) in [7, 11) is 2.08. The Morgan fingerprint density at radius 2 is 1.61 bits per heavy atom. The molecule has 3 aromatic rings. The first kappa shape index (κ1) is 12.0. The van der Waals surface area contributed by atoms with Crippen molar-refractivity contribution in [2.45, 2.75) is 0 Å². The van der Waals surface area contributed by atoms with Gasteiger partial charge in [0.05, 0.1) is 0 Å². The molecule has 0 saturated carbocycles. The summed E-state index contributed by atoms with van der Waals surface area (Å²) >= 11 is 7.13. The molecule has 0 unspecified atom stereocenters. The molecule has 1 aromatic heterocycles. The number of nitrogens with zero attached hydrogens (tertiary/aromatic N) is 1. The predicted octanol–water partition coefficient (Wildman–Crippen LogP) is 5.37. The Morgan fingerprint density at radius 1 is 0.944 bits per heavy atom. The molecular weight excluding hydrogens is 354 g/mol. The van der Waals surface area contributed by atoms with E-state index in [1.165, 1.54) is 22.0 Å². The van der Waals surface area contributed by atoms with Crippen molar-refractivity contribution < 1.29 is 0 Å². The summed E-state index contributed by atoms with van der Waals surface area (Å²) in [5.41, 5.74) is 3.74. The van der Waals surface area contributed by atoms with Crippen molar-refractivity contribution in [3.05, 3.63) is 57.6 Å². The number of hydrogen-bond acceptors (Lipinski definition) is 0. The second-order valence-corrected chi connectivity index (χ2v) is 6.01. The first-order valence-electron chi connectivity index (χ1n) is 5.66. The van der Waals surface area contributed by atoms with Crippen LogP contribution >= 0.6 is 31.9 Å². The van der Waals surface area contributed by atoms with Crippen LogP contribution < -0.4 is 0 Å². The van der Waals surface area contributed by atoms with Gasteiger partial charge in [0, 0.05) is 38.7 Å². The molecule has 0 bridgehead atoms. The monoisotopic (exact) mass is 363 g/mol. The summed E-state index contributed by atoms with van der Waals surface area (Å²) in [5, 5.41) is 1.26. The van der Waals surface area contributed by atoms with Gasteiger partial charge in [0.2, 0.25) is 0 Å². The number of hydrogen-bond donors (Lipinski definition) is 0. The van der Waals surface area contributed by atoms with Crippen LogP contribution in [0.15, 0.2) is 57.6 Å². The van der Waals surface area contributed by atoms with E-state index in [9.17, 15) is 0 Å². The number of rotatable bonds is 1. The van der Waals surface area contributed by atoms with Crippen molar-refractivity contribution in [1.29, 1.82) is 0 Å². The van der Waals surface area contributed by atoms with E-state index in [-0.39, 0.29) is 0 Å². The van der Waals surface area contributed by atoms with E-state index >= 15 is 0 Å². The molecular formula is C15H11Br2N. The SMILES string of the molecule is Cn1cc(-c2ccccc2)c2cc(Br)c(Br)cc21. The van der Waals surface area contributed by atoms with E-state index in [4.69, 9.17) is 0 Å². The smallest absolute Gasteiger partial charge is 0.0496 e. The van der Waals surface area contributed by atoms with Gasteiger partial charge in [-0.1, -0.05) is 30.3 Å². The van der Waals surface area contributed by atoms with Crippen molar-refractivity contribution in [2.24, 2.45) is 7.05 Å². The lowest BCUT2D eigenvalue weighted by molar-refractivity contribution is 0.969. The van der Waals surface area contributed by atoms with Crippen LogP contribution in [0.4, 0.5) is 0 Å². The Morgan fingerprint density at radius 3 is 2.33 bits per heavy atom. The van der Waals surface area contributed by atoms with E-state index in [2.05, 4.69) is 86.1 Å². The van der Waals surface area contributed by atoms with Gasteiger partial charge in [0.1, 0.15) is 0 Å². The third kappa shape index (κ3) is 1.91.